The zero-order valence-electron chi connectivity index (χ0n) is 16.4. The van der Waals surface area contributed by atoms with E-state index in [0.29, 0.717) is 19.0 Å². The first kappa shape index (κ1) is 18.9. The molecule has 0 radical (unpaired) electrons. The van der Waals surface area contributed by atoms with E-state index >= 15 is 0 Å². The smallest absolute Gasteiger partial charge is 0.219 e. The van der Waals surface area contributed by atoms with Gasteiger partial charge in [0.1, 0.15) is 18.4 Å². The molecular formula is C20H27N5O3. The minimum Gasteiger partial charge on any atom is -0.496 e. The van der Waals surface area contributed by atoms with Gasteiger partial charge in [-0.15, -0.1) is 0 Å². The van der Waals surface area contributed by atoms with E-state index in [-0.39, 0.29) is 17.9 Å². The number of fused-ring (bicyclic) bond motifs is 1. The molecule has 8 nitrogen and oxygen atoms in total. The van der Waals surface area contributed by atoms with Crippen molar-refractivity contribution in [2.24, 2.45) is 11.3 Å². The fourth-order valence-electron chi connectivity index (χ4n) is 4.68. The molecule has 1 aromatic carbocycles. The standard InChI is InChI=1S/C20H27N5O3/c1-15(27)24-9-18-8-23(10-20(18,11-24)12-26)6-16-3-4-19(28-2)17(5-16)7-25-14-21-13-22-25/h3-5,13-14,18,26H,6-12H2,1-2H3/t18-,20+/m0/s1. The number of methoxy groups -OCH3 is 1. The fourth-order valence-corrected chi connectivity index (χ4v) is 4.68. The molecule has 4 rings (SSSR count). The molecule has 0 unspecified atom stereocenters. The first-order chi connectivity index (χ1) is 13.5. The molecule has 8 heteroatoms. The maximum Gasteiger partial charge on any atom is 0.219 e. The lowest BCUT2D eigenvalue weighted by Gasteiger charge is -2.27. The summed E-state index contributed by atoms with van der Waals surface area (Å²) >= 11 is 0. The highest BCUT2D eigenvalue weighted by Gasteiger charge is 2.52. The molecule has 28 heavy (non-hydrogen) atoms. The topological polar surface area (TPSA) is 83.7 Å². The van der Waals surface area contributed by atoms with Crippen LogP contribution in [0.4, 0.5) is 0 Å². The Kier molecular flexibility index (Phi) is 5.07. The molecule has 2 aliphatic heterocycles. The number of carbonyl (C=O) groups excluding carboxylic acids is 1. The predicted molar refractivity (Wildman–Crippen MR) is 103 cm³/mol. The molecule has 0 bridgehead atoms. The minimum absolute atomic E-state index is 0.0988. The number of benzene rings is 1. The number of amides is 1. The van der Waals surface area contributed by atoms with Gasteiger partial charge in [-0.3, -0.25) is 9.69 Å². The van der Waals surface area contributed by atoms with E-state index in [4.69, 9.17) is 4.74 Å². The van der Waals surface area contributed by atoms with E-state index < -0.39 is 0 Å². The second-order valence-corrected chi connectivity index (χ2v) is 8.03. The third-order valence-corrected chi connectivity index (χ3v) is 6.14. The zero-order valence-corrected chi connectivity index (χ0v) is 16.4. The number of rotatable bonds is 6. The molecule has 0 spiro atoms. The Morgan fingerprint density at radius 3 is 2.82 bits per heavy atom. The first-order valence-corrected chi connectivity index (χ1v) is 9.60. The van der Waals surface area contributed by atoms with Crippen LogP contribution >= 0.6 is 0 Å². The van der Waals surface area contributed by atoms with Gasteiger partial charge >= 0.3 is 0 Å². The van der Waals surface area contributed by atoms with Crippen molar-refractivity contribution in [1.82, 2.24) is 24.6 Å². The summed E-state index contributed by atoms with van der Waals surface area (Å²) in [6.45, 7) is 6.25. The molecule has 3 heterocycles. The van der Waals surface area contributed by atoms with E-state index in [0.717, 1.165) is 37.5 Å². The normalized spacial score (nSPS) is 24.5. The van der Waals surface area contributed by atoms with Crippen LogP contribution in [0.25, 0.3) is 0 Å². The molecule has 0 saturated carbocycles. The van der Waals surface area contributed by atoms with E-state index in [9.17, 15) is 9.90 Å². The van der Waals surface area contributed by atoms with Crippen molar-refractivity contribution in [3.8, 4) is 5.75 Å². The second kappa shape index (κ2) is 7.52. The average molecular weight is 385 g/mol. The van der Waals surface area contributed by atoms with Gasteiger partial charge in [0, 0.05) is 50.6 Å². The molecular weight excluding hydrogens is 358 g/mol. The summed E-state index contributed by atoms with van der Waals surface area (Å²) < 4.78 is 7.28. The summed E-state index contributed by atoms with van der Waals surface area (Å²) in [7, 11) is 1.67. The maximum atomic E-state index is 11.7. The summed E-state index contributed by atoms with van der Waals surface area (Å²) in [5.74, 6) is 1.26. The molecule has 0 aliphatic carbocycles. The third-order valence-electron chi connectivity index (χ3n) is 6.14. The molecule has 2 fully saturated rings. The number of nitrogens with zero attached hydrogens (tertiary/aromatic N) is 5. The zero-order chi connectivity index (χ0) is 19.7. The van der Waals surface area contributed by atoms with Gasteiger partial charge in [0.25, 0.3) is 0 Å². The summed E-state index contributed by atoms with van der Waals surface area (Å²) in [6, 6.07) is 6.24. The Morgan fingerprint density at radius 2 is 2.18 bits per heavy atom. The average Bonchev–Trinajstić information content (AvgIpc) is 3.37. The molecule has 150 valence electrons. The molecule has 2 aromatic rings. The van der Waals surface area contributed by atoms with E-state index in [1.807, 2.05) is 11.0 Å². The summed E-state index contributed by atoms with van der Waals surface area (Å²) in [4.78, 5) is 20.0. The van der Waals surface area contributed by atoms with E-state index in [1.165, 1.54) is 11.9 Å². The predicted octanol–water partition coefficient (Wildman–Crippen LogP) is 0.608. The van der Waals surface area contributed by atoms with Crippen LogP contribution in [0.15, 0.2) is 30.9 Å². The highest BCUT2D eigenvalue weighted by Crippen LogP contribution is 2.42. The molecule has 1 N–H and O–H groups in total. The molecule has 2 saturated heterocycles. The third kappa shape index (κ3) is 3.49. The van der Waals surface area contributed by atoms with Gasteiger partial charge in [0.2, 0.25) is 5.91 Å². The number of hydrogen-bond donors (Lipinski definition) is 1. The van der Waals surface area contributed by atoms with Crippen molar-refractivity contribution in [3.63, 3.8) is 0 Å². The van der Waals surface area contributed by atoms with Crippen LogP contribution in [-0.4, -0.2) is 75.5 Å². The monoisotopic (exact) mass is 385 g/mol. The van der Waals surface area contributed by atoms with Gasteiger partial charge in [0.05, 0.1) is 20.3 Å². The van der Waals surface area contributed by atoms with Crippen molar-refractivity contribution in [3.05, 3.63) is 42.0 Å². The van der Waals surface area contributed by atoms with Gasteiger partial charge in [-0.25, -0.2) is 9.67 Å². The lowest BCUT2D eigenvalue weighted by atomic mass is 9.82. The lowest BCUT2D eigenvalue weighted by Crippen LogP contribution is -2.38. The van der Waals surface area contributed by atoms with E-state index in [1.54, 1.807) is 25.0 Å². The van der Waals surface area contributed by atoms with Crippen LogP contribution < -0.4 is 4.74 Å². The number of hydrogen-bond acceptors (Lipinski definition) is 6. The lowest BCUT2D eigenvalue weighted by molar-refractivity contribution is -0.128. The molecule has 1 aromatic heterocycles. The van der Waals surface area contributed by atoms with Crippen LogP contribution in [0.5, 0.6) is 5.75 Å². The SMILES string of the molecule is COc1ccc(CN2C[C@H]3CN(C(C)=O)C[C@@]3(CO)C2)cc1Cn1cncn1. The van der Waals surface area contributed by atoms with Crippen molar-refractivity contribution in [1.29, 1.82) is 0 Å². The number of ether oxygens (including phenoxy) is 1. The molecule has 1 amide bonds. The molecule has 2 aliphatic rings. The number of aliphatic hydroxyl groups is 1. The first-order valence-electron chi connectivity index (χ1n) is 9.60. The Bertz CT molecular complexity index is 840. The summed E-state index contributed by atoms with van der Waals surface area (Å²) in [5.41, 5.74) is 2.07. The van der Waals surface area contributed by atoms with Crippen LogP contribution in [0.3, 0.4) is 0 Å². The summed E-state index contributed by atoms with van der Waals surface area (Å²) in [5, 5.41) is 14.2. The van der Waals surface area contributed by atoms with Crippen molar-refractivity contribution >= 4 is 5.91 Å². The summed E-state index contributed by atoms with van der Waals surface area (Å²) in [6.07, 6.45) is 3.22. The van der Waals surface area contributed by atoms with Gasteiger partial charge in [-0.2, -0.15) is 5.10 Å². The Morgan fingerprint density at radius 1 is 1.32 bits per heavy atom. The number of aliphatic hydroxyl groups excluding tert-OH is 1. The van der Waals surface area contributed by atoms with Crippen molar-refractivity contribution in [2.45, 2.75) is 20.0 Å². The maximum absolute atomic E-state index is 11.7. The second-order valence-electron chi connectivity index (χ2n) is 8.03. The van der Waals surface area contributed by atoms with Gasteiger partial charge in [-0.05, 0) is 23.6 Å². The highest BCUT2D eigenvalue weighted by atomic mass is 16.5. The quantitative estimate of drug-likeness (QED) is 0.784. The Hall–Kier alpha value is -2.45. The Labute approximate surface area is 164 Å². The minimum atomic E-state index is -0.193. The van der Waals surface area contributed by atoms with Gasteiger partial charge in [-0.1, -0.05) is 6.07 Å². The number of carbonyl (C=O) groups is 1. The highest BCUT2D eigenvalue weighted by molar-refractivity contribution is 5.73. The Balaban J connectivity index is 1.47. The number of aromatic nitrogens is 3. The van der Waals surface area contributed by atoms with Crippen LogP contribution in [0.2, 0.25) is 0 Å². The largest absolute Gasteiger partial charge is 0.496 e. The van der Waals surface area contributed by atoms with E-state index in [2.05, 4.69) is 27.1 Å². The van der Waals surface area contributed by atoms with Crippen LogP contribution in [-0.2, 0) is 17.9 Å². The van der Waals surface area contributed by atoms with Crippen LogP contribution in [0.1, 0.15) is 18.1 Å². The fraction of sp³-hybridized carbons (Fsp3) is 0.550. The van der Waals surface area contributed by atoms with Gasteiger partial charge in [0.15, 0.2) is 0 Å². The van der Waals surface area contributed by atoms with Gasteiger partial charge < -0.3 is 14.7 Å². The van der Waals surface area contributed by atoms with Crippen molar-refractivity contribution < 1.29 is 14.6 Å². The van der Waals surface area contributed by atoms with Crippen LogP contribution in [0, 0.1) is 11.3 Å². The number of likely N-dealkylation sites (tertiary alicyclic amines) is 2. The molecule has 2 atom stereocenters. The van der Waals surface area contributed by atoms with Crippen molar-refractivity contribution in [2.75, 3.05) is 39.9 Å².